The second kappa shape index (κ2) is 8.98. The first kappa shape index (κ1) is 18.6. The second-order valence-electron chi connectivity index (χ2n) is 6.50. The summed E-state index contributed by atoms with van der Waals surface area (Å²) in [6.45, 7) is 0.605. The van der Waals surface area contributed by atoms with E-state index in [1.54, 1.807) is 0 Å². The molecule has 140 valence electrons. The van der Waals surface area contributed by atoms with Crippen LogP contribution in [-0.4, -0.2) is 41.8 Å². The molecule has 0 spiro atoms. The van der Waals surface area contributed by atoms with E-state index in [0.717, 1.165) is 11.1 Å². The standard InChI is InChI=1S/C21H22N2O4/c24-18-11-12-23(14-18)21(26)22-19(13-16-7-3-1-4-8-16)20(25)27-15-17-9-5-2-6-10-17/h1-10,19H,11-15H2,(H,22,26)/t19-/m0/s1. The lowest BCUT2D eigenvalue weighted by atomic mass is 10.1. The highest BCUT2D eigenvalue weighted by atomic mass is 16.5. The highest BCUT2D eigenvalue weighted by Crippen LogP contribution is 2.10. The van der Waals surface area contributed by atoms with Gasteiger partial charge in [-0.1, -0.05) is 60.7 Å². The number of Topliss-reactive ketones (excluding diaryl/α,β-unsaturated/α-hetero) is 1. The summed E-state index contributed by atoms with van der Waals surface area (Å²) in [4.78, 5) is 37.9. The molecule has 6 nitrogen and oxygen atoms in total. The topological polar surface area (TPSA) is 75.7 Å². The van der Waals surface area contributed by atoms with Gasteiger partial charge in [-0.15, -0.1) is 0 Å². The van der Waals surface area contributed by atoms with Gasteiger partial charge in [-0.25, -0.2) is 9.59 Å². The van der Waals surface area contributed by atoms with Gasteiger partial charge in [-0.2, -0.15) is 0 Å². The molecule has 0 aromatic heterocycles. The number of hydrogen-bond donors (Lipinski definition) is 1. The van der Waals surface area contributed by atoms with Crippen LogP contribution in [0.3, 0.4) is 0 Å². The van der Waals surface area contributed by atoms with Crippen LogP contribution in [0, 0.1) is 0 Å². The predicted octanol–water partition coefficient (Wildman–Crippen LogP) is 2.33. The number of amides is 2. The van der Waals surface area contributed by atoms with E-state index in [-0.39, 0.29) is 18.9 Å². The molecule has 0 radical (unpaired) electrons. The van der Waals surface area contributed by atoms with Gasteiger partial charge in [0.25, 0.3) is 0 Å². The molecule has 1 aliphatic rings. The summed E-state index contributed by atoms with van der Waals surface area (Å²) in [5.41, 5.74) is 1.79. The third-order valence-electron chi connectivity index (χ3n) is 4.40. The van der Waals surface area contributed by atoms with Crippen molar-refractivity contribution >= 4 is 17.8 Å². The molecular formula is C21H22N2O4. The lowest BCUT2D eigenvalue weighted by Gasteiger charge is -2.22. The number of carbonyl (C=O) groups excluding carboxylic acids is 3. The van der Waals surface area contributed by atoms with Crippen LogP contribution in [0.15, 0.2) is 60.7 Å². The van der Waals surface area contributed by atoms with E-state index >= 15 is 0 Å². The third-order valence-corrected chi connectivity index (χ3v) is 4.40. The maximum Gasteiger partial charge on any atom is 0.329 e. The number of rotatable bonds is 6. The number of benzene rings is 2. The summed E-state index contributed by atoms with van der Waals surface area (Å²) in [7, 11) is 0. The molecule has 1 heterocycles. The van der Waals surface area contributed by atoms with Gasteiger partial charge in [-0.05, 0) is 11.1 Å². The number of nitrogens with one attached hydrogen (secondary N) is 1. The van der Waals surface area contributed by atoms with E-state index in [1.807, 2.05) is 60.7 Å². The summed E-state index contributed by atoms with van der Waals surface area (Å²) >= 11 is 0. The summed E-state index contributed by atoms with van der Waals surface area (Å²) in [5, 5.41) is 2.72. The maximum absolute atomic E-state index is 12.6. The second-order valence-corrected chi connectivity index (χ2v) is 6.50. The highest BCUT2D eigenvalue weighted by molar-refractivity contribution is 5.90. The van der Waals surface area contributed by atoms with Crippen molar-refractivity contribution in [3.63, 3.8) is 0 Å². The number of hydrogen-bond acceptors (Lipinski definition) is 4. The minimum atomic E-state index is -0.820. The van der Waals surface area contributed by atoms with Gasteiger partial charge < -0.3 is 15.0 Å². The Morgan fingerprint density at radius 1 is 1.00 bits per heavy atom. The lowest BCUT2D eigenvalue weighted by molar-refractivity contribution is -0.147. The van der Waals surface area contributed by atoms with E-state index in [0.29, 0.717) is 19.4 Å². The van der Waals surface area contributed by atoms with Crippen molar-refractivity contribution in [1.82, 2.24) is 10.2 Å². The maximum atomic E-state index is 12.6. The van der Waals surface area contributed by atoms with Crippen LogP contribution in [0.25, 0.3) is 0 Å². The first-order chi connectivity index (χ1) is 13.1. The van der Waals surface area contributed by atoms with Crippen LogP contribution >= 0.6 is 0 Å². The van der Waals surface area contributed by atoms with Crippen molar-refractivity contribution in [1.29, 1.82) is 0 Å². The molecule has 1 fully saturated rings. The Hall–Kier alpha value is -3.15. The number of nitrogens with zero attached hydrogens (tertiary/aromatic N) is 1. The Morgan fingerprint density at radius 2 is 1.63 bits per heavy atom. The largest absolute Gasteiger partial charge is 0.459 e. The van der Waals surface area contributed by atoms with Crippen LogP contribution in [-0.2, 0) is 27.4 Å². The predicted molar refractivity (Wildman–Crippen MR) is 99.9 cm³/mol. The van der Waals surface area contributed by atoms with Crippen LogP contribution in [0.1, 0.15) is 17.5 Å². The van der Waals surface area contributed by atoms with Gasteiger partial charge in [0.05, 0.1) is 6.54 Å². The summed E-state index contributed by atoms with van der Waals surface area (Å²) < 4.78 is 5.41. The SMILES string of the molecule is O=C1CCN(C(=O)N[C@@H](Cc2ccccc2)C(=O)OCc2ccccc2)C1. The molecule has 1 saturated heterocycles. The number of ketones is 1. The molecular weight excluding hydrogens is 344 g/mol. The Morgan fingerprint density at radius 3 is 2.22 bits per heavy atom. The molecule has 0 bridgehead atoms. The van der Waals surface area contributed by atoms with Crippen molar-refractivity contribution in [3.8, 4) is 0 Å². The van der Waals surface area contributed by atoms with E-state index < -0.39 is 18.0 Å². The van der Waals surface area contributed by atoms with Crippen molar-refractivity contribution in [2.24, 2.45) is 0 Å². The molecule has 0 unspecified atom stereocenters. The summed E-state index contributed by atoms with van der Waals surface area (Å²) in [6.07, 6.45) is 0.678. The van der Waals surface area contributed by atoms with Crippen molar-refractivity contribution < 1.29 is 19.1 Å². The molecule has 2 amide bonds. The zero-order valence-corrected chi connectivity index (χ0v) is 15.0. The van der Waals surface area contributed by atoms with Crippen molar-refractivity contribution in [3.05, 3.63) is 71.8 Å². The monoisotopic (exact) mass is 366 g/mol. The van der Waals surface area contributed by atoms with Gasteiger partial charge in [0.1, 0.15) is 12.6 Å². The van der Waals surface area contributed by atoms with Gasteiger partial charge in [0.15, 0.2) is 5.78 Å². The molecule has 2 aromatic carbocycles. The number of esters is 1. The van der Waals surface area contributed by atoms with Crippen molar-refractivity contribution in [2.45, 2.75) is 25.5 Å². The molecule has 1 N–H and O–H groups in total. The summed E-state index contributed by atoms with van der Waals surface area (Å²) in [6, 6.07) is 17.6. The Balaban J connectivity index is 1.65. The minimum Gasteiger partial charge on any atom is -0.459 e. The first-order valence-electron chi connectivity index (χ1n) is 8.93. The van der Waals surface area contributed by atoms with Crippen molar-refractivity contribution in [2.75, 3.05) is 13.1 Å². The Labute approximate surface area is 158 Å². The van der Waals surface area contributed by atoms with E-state index in [4.69, 9.17) is 4.74 Å². The van der Waals surface area contributed by atoms with Gasteiger partial charge in [-0.3, -0.25) is 4.79 Å². The van der Waals surface area contributed by atoms with Crippen LogP contribution in [0.4, 0.5) is 4.79 Å². The number of ether oxygens (including phenoxy) is 1. The van der Waals surface area contributed by atoms with E-state index in [9.17, 15) is 14.4 Å². The number of urea groups is 1. The van der Waals surface area contributed by atoms with Gasteiger partial charge in [0, 0.05) is 19.4 Å². The fourth-order valence-electron chi connectivity index (χ4n) is 2.92. The Bertz CT molecular complexity index is 792. The van der Waals surface area contributed by atoms with Crippen LogP contribution < -0.4 is 5.32 Å². The molecule has 27 heavy (non-hydrogen) atoms. The lowest BCUT2D eigenvalue weighted by Crippen LogP contribution is -2.48. The average Bonchev–Trinajstić information content (AvgIpc) is 3.14. The summed E-state index contributed by atoms with van der Waals surface area (Å²) in [5.74, 6) is -0.474. The highest BCUT2D eigenvalue weighted by Gasteiger charge is 2.29. The third kappa shape index (κ3) is 5.41. The minimum absolute atomic E-state index is 0.0245. The zero-order chi connectivity index (χ0) is 19.1. The van der Waals surface area contributed by atoms with Gasteiger partial charge >= 0.3 is 12.0 Å². The molecule has 6 heteroatoms. The molecule has 1 atom stereocenters. The Kier molecular flexibility index (Phi) is 6.20. The fraction of sp³-hybridized carbons (Fsp3) is 0.286. The average molecular weight is 366 g/mol. The van der Waals surface area contributed by atoms with Crippen LogP contribution in [0.5, 0.6) is 0 Å². The first-order valence-corrected chi connectivity index (χ1v) is 8.93. The smallest absolute Gasteiger partial charge is 0.329 e. The number of carbonyl (C=O) groups is 3. The normalized spacial score (nSPS) is 14.7. The molecule has 1 aliphatic heterocycles. The number of likely N-dealkylation sites (tertiary alicyclic amines) is 1. The van der Waals surface area contributed by atoms with Crippen LogP contribution in [0.2, 0.25) is 0 Å². The van der Waals surface area contributed by atoms with Gasteiger partial charge in [0.2, 0.25) is 0 Å². The molecule has 0 saturated carbocycles. The molecule has 3 rings (SSSR count). The molecule has 0 aliphatic carbocycles. The fourth-order valence-corrected chi connectivity index (χ4v) is 2.92. The molecule has 2 aromatic rings. The van der Waals surface area contributed by atoms with E-state index in [1.165, 1.54) is 4.90 Å². The quantitative estimate of drug-likeness (QED) is 0.796. The zero-order valence-electron chi connectivity index (χ0n) is 15.0. The van der Waals surface area contributed by atoms with E-state index in [2.05, 4.69) is 5.32 Å².